The maximum Gasteiger partial charge on any atom is 0.410 e. The van der Waals surface area contributed by atoms with Gasteiger partial charge in [0, 0.05) is 20.1 Å². The van der Waals surface area contributed by atoms with Crippen molar-refractivity contribution in [2.75, 3.05) is 7.05 Å². The third-order valence-corrected chi connectivity index (χ3v) is 7.40. The topological polar surface area (TPSA) is 114 Å². The van der Waals surface area contributed by atoms with Gasteiger partial charge >= 0.3 is 6.09 Å². The SMILES string of the molecule is CN(C(=O)OCc1ccccc1)C1c2nc(C(=O)NCc3ccc(F)cc3)c(O)c(=O)n2C[C@@H]2CC[C@H]1C2. The maximum absolute atomic E-state index is 13.2. The van der Waals surface area contributed by atoms with Gasteiger partial charge in [0.05, 0.1) is 6.04 Å². The van der Waals surface area contributed by atoms with Gasteiger partial charge in [0.1, 0.15) is 18.2 Å². The van der Waals surface area contributed by atoms with Crippen LogP contribution in [-0.4, -0.2) is 38.6 Å². The number of halogens is 1. The molecule has 9 nitrogen and oxygen atoms in total. The number of rotatable bonds is 6. The van der Waals surface area contributed by atoms with Crippen molar-refractivity contribution in [1.82, 2.24) is 19.8 Å². The molecule has 2 amide bonds. The Morgan fingerprint density at radius 1 is 1.13 bits per heavy atom. The molecule has 2 N–H and O–H groups in total. The standard InChI is InChI=1S/C28H29FN4O5/c1-32(28(37)38-16-18-5-3-2-4-6-18)23-20-10-7-19(13-20)15-33-25(23)31-22(24(34)27(33)36)26(35)30-14-17-8-11-21(29)12-9-17/h2-6,8-9,11-12,19-20,23,34H,7,10,13-16H2,1H3,(H,30,35)/t19-,20+,23?/m1/s1. The van der Waals surface area contributed by atoms with Gasteiger partial charge in [-0.1, -0.05) is 42.5 Å². The van der Waals surface area contributed by atoms with E-state index in [0.29, 0.717) is 12.1 Å². The lowest BCUT2D eigenvalue weighted by Gasteiger charge is -2.32. The zero-order valence-corrected chi connectivity index (χ0v) is 21.0. The molecule has 1 aromatic heterocycles. The lowest BCUT2D eigenvalue weighted by atomic mass is 9.96. The van der Waals surface area contributed by atoms with Gasteiger partial charge in [-0.25, -0.2) is 14.2 Å². The smallest absolute Gasteiger partial charge is 0.410 e. The van der Waals surface area contributed by atoms with Crippen LogP contribution in [0.2, 0.25) is 0 Å². The second-order valence-corrected chi connectivity index (χ2v) is 9.93. The predicted octanol–water partition coefficient (Wildman–Crippen LogP) is 3.76. The molecular formula is C28H29FN4O5. The predicted molar refractivity (Wildman–Crippen MR) is 136 cm³/mol. The number of benzene rings is 2. The van der Waals surface area contributed by atoms with E-state index >= 15 is 0 Å². The molecule has 2 heterocycles. The summed E-state index contributed by atoms with van der Waals surface area (Å²) in [4.78, 5) is 45.3. The average Bonchev–Trinajstić information content (AvgIpc) is 3.32. The van der Waals surface area contributed by atoms with Crippen molar-refractivity contribution >= 4 is 12.0 Å². The number of carbonyl (C=O) groups excluding carboxylic acids is 2. The Labute approximate surface area is 218 Å². The summed E-state index contributed by atoms with van der Waals surface area (Å²) >= 11 is 0. The van der Waals surface area contributed by atoms with Crippen molar-refractivity contribution in [2.45, 2.75) is 45.0 Å². The maximum atomic E-state index is 13.2. The van der Waals surface area contributed by atoms with E-state index < -0.39 is 40.9 Å². The summed E-state index contributed by atoms with van der Waals surface area (Å²) in [5.41, 5.74) is 0.361. The third-order valence-electron chi connectivity index (χ3n) is 7.40. The normalized spacial score (nSPS) is 19.8. The van der Waals surface area contributed by atoms with Crippen LogP contribution in [0, 0.1) is 17.7 Å². The van der Waals surface area contributed by atoms with Gasteiger partial charge in [0.25, 0.3) is 11.5 Å². The summed E-state index contributed by atoms with van der Waals surface area (Å²) < 4.78 is 20.1. The molecule has 198 valence electrons. The minimum atomic E-state index is -0.741. The van der Waals surface area contributed by atoms with E-state index in [2.05, 4.69) is 10.3 Å². The summed E-state index contributed by atoms with van der Waals surface area (Å²) in [6.07, 6.45) is 1.95. The van der Waals surface area contributed by atoms with Crippen molar-refractivity contribution in [3.05, 3.63) is 93.4 Å². The molecule has 10 heteroatoms. The highest BCUT2D eigenvalue weighted by Crippen LogP contribution is 2.44. The highest BCUT2D eigenvalue weighted by molar-refractivity contribution is 5.94. The Morgan fingerprint density at radius 2 is 1.87 bits per heavy atom. The number of nitrogens with zero attached hydrogens (tertiary/aromatic N) is 3. The molecule has 1 unspecified atom stereocenters. The fourth-order valence-corrected chi connectivity index (χ4v) is 5.45. The van der Waals surface area contributed by atoms with Gasteiger partial charge in [-0.3, -0.25) is 14.2 Å². The first-order valence-corrected chi connectivity index (χ1v) is 12.6. The number of ether oxygens (including phenoxy) is 1. The molecule has 2 bridgehead atoms. The molecular weight excluding hydrogens is 491 g/mol. The monoisotopic (exact) mass is 520 g/mol. The van der Waals surface area contributed by atoms with E-state index in [1.807, 2.05) is 30.3 Å². The van der Waals surface area contributed by atoms with Gasteiger partial charge < -0.3 is 20.1 Å². The summed E-state index contributed by atoms with van der Waals surface area (Å²) in [6, 6.07) is 14.3. The Morgan fingerprint density at radius 3 is 2.61 bits per heavy atom. The van der Waals surface area contributed by atoms with E-state index in [1.165, 1.54) is 33.7 Å². The van der Waals surface area contributed by atoms with Gasteiger partial charge in [0.15, 0.2) is 5.69 Å². The van der Waals surface area contributed by atoms with Gasteiger partial charge in [-0.2, -0.15) is 0 Å². The summed E-state index contributed by atoms with van der Waals surface area (Å²) in [7, 11) is 1.61. The lowest BCUT2D eigenvalue weighted by molar-refractivity contribution is 0.0762. The van der Waals surface area contributed by atoms with Gasteiger partial charge in [-0.05, 0) is 54.4 Å². The Bertz CT molecular complexity index is 1390. The van der Waals surface area contributed by atoms with Gasteiger partial charge in [-0.15, -0.1) is 0 Å². The average molecular weight is 521 g/mol. The Kier molecular flexibility index (Phi) is 7.13. The number of nitrogens with one attached hydrogen (secondary N) is 1. The van der Waals surface area contributed by atoms with Crippen LogP contribution in [0.4, 0.5) is 9.18 Å². The quantitative estimate of drug-likeness (QED) is 0.512. The van der Waals surface area contributed by atoms with Crippen LogP contribution in [0.3, 0.4) is 0 Å². The molecule has 2 aliphatic rings. The number of aromatic nitrogens is 2. The van der Waals surface area contributed by atoms with E-state index in [-0.39, 0.29) is 30.8 Å². The Balaban J connectivity index is 1.43. The zero-order chi connectivity index (χ0) is 26.8. The number of amides is 2. The van der Waals surface area contributed by atoms with E-state index in [9.17, 15) is 23.9 Å². The van der Waals surface area contributed by atoms with Crippen molar-refractivity contribution in [3.63, 3.8) is 0 Å². The first-order valence-electron chi connectivity index (χ1n) is 12.6. The van der Waals surface area contributed by atoms with Crippen LogP contribution < -0.4 is 10.9 Å². The van der Waals surface area contributed by atoms with Crippen LogP contribution in [0.25, 0.3) is 0 Å². The van der Waals surface area contributed by atoms with Gasteiger partial charge in [0.2, 0.25) is 5.75 Å². The van der Waals surface area contributed by atoms with E-state index in [4.69, 9.17) is 4.74 Å². The molecule has 1 aliphatic heterocycles. The number of hydrogen-bond donors (Lipinski definition) is 2. The minimum absolute atomic E-state index is 0.0228. The number of aromatic hydroxyl groups is 1. The second-order valence-electron chi connectivity index (χ2n) is 9.93. The van der Waals surface area contributed by atoms with Crippen LogP contribution in [0.15, 0.2) is 59.4 Å². The fourth-order valence-electron chi connectivity index (χ4n) is 5.45. The molecule has 0 radical (unpaired) electrons. The van der Waals surface area contributed by atoms with E-state index in [0.717, 1.165) is 24.8 Å². The number of fused-ring (bicyclic) bond motifs is 3. The molecule has 1 fully saturated rings. The van der Waals surface area contributed by atoms with Crippen LogP contribution >= 0.6 is 0 Å². The Hall–Kier alpha value is -4.21. The molecule has 0 spiro atoms. The molecule has 3 aromatic rings. The zero-order valence-electron chi connectivity index (χ0n) is 21.0. The third kappa shape index (κ3) is 5.11. The molecule has 1 aliphatic carbocycles. The van der Waals surface area contributed by atoms with Crippen LogP contribution in [0.5, 0.6) is 5.75 Å². The second kappa shape index (κ2) is 10.6. The number of carbonyl (C=O) groups is 2. The van der Waals surface area contributed by atoms with Crippen LogP contribution in [0.1, 0.15) is 52.7 Å². The molecule has 2 aromatic carbocycles. The summed E-state index contributed by atoms with van der Waals surface area (Å²) in [5.74, 6) is -1.40. The molecule has 3 atom stereocenters. The molecule has 1 saturated carbocycles. The summed E-state index contributed by atoms with van der Waals surface area (Å²) in [5, 5.41) is 13.3. The van der Waals surface area contributed by atoms with Crippen LogP contribution in [-0.2, 0) is 24.4 Å². The lowest BCUT2D eigenvalue weighted by Crippen LogP contribution is -2.40. The highest BCUT2D eigenvalue weighted by Gasteiger charge is 2.43. The van der Waals surface area contributed by atoms with Crippen molar-refractivity contribution in [1.29, 1.82) is 0 Å². The van der Waals surface area contributed by atoms with Crippen molar-refractivity contribution in [3.8, 4) is 5.75 Å². The largest absolute Gasteiger partial charge is 0.501 e. The first kappa shape index (κ1) is 25.4. The minimum Gasteiger partial charge on any atom is -0.501 e. The van der Waals surface area contributed by atoms with Crippen molar-refractivity contribution in [2.24, 2.45) is 11.8 Å². The highest BCUT2D eigenvalue weighted by atomic mass is 19.1. The fraction of sp³-hybridized carbons (Fsp3) is 0.357. The number of hydrogen-bond acceptors (Lipinski definition) is 6. The van der Waals surface area contributed by atoms with E-state index in [1.54, 1.807) is 7.05 Å². The molecule has 5 rings (SSSR count). The molecule has 38 heavy (non-hydrogen) atoms. The molecule has 0 saturated heterocycles. The first-order chi connectivity index (χ1) is 18.3. The summed E-state index contributed by atoms with van der Waals surface area (Å²) in [6.45, 7) is 0.501. The van der Waals surface area contributed by atoms with Crippen molar-refractivity contribution < 1.29 is 23.8 Å².